The molecule has 33 heavy (non-hydrogen) atoms. The Labute approximate surface area is 191 Å². The molecule has 0 unspecified atom stereocenters. The first kappa shape index (κ1) is 22.5. The van der Waals surface area contributed by atoms with E-state index in [0.717, 1.165) is 32.2 Å². The van der Waals surface area contributed by atoms with Gasteiger partial charge in [0, 0.05) is 37.3 Å². The molecule has 0 saturated carbocycles. The highest BCUT2D eigenvalue weighted by atomic mass is 16.2. The normalized spacial score (nSPS) is 19.9. The first-order valence-electron chi connectivity index (χ1n) is 11.2. The van der Waals surface area contributed by atoms with E-state index in [1.165, 1.54) is 6.92 Å². The summed E-state index contributed by atoms with van der Waals surface area (Å²) in [7, 11) is 0. The number of fused-ring (bicyclic) bond motifs is 1. The number of hydrogen-bond donors (Lipinski definition) is 4. The maximum atomic E-state index is 13.0. The Morgan fingerprint density at radius 1 is 1.12 bits per heavy atom. The van der Waals surface area contributed by atoms with E-state index in [4.69, 9.17) is 0 Å². The van der Waals surface area contributed by atoms with Gasteiger partial charge in [-0.15, -0.1) is 0 Å². The minimum atomic E-state index is -0.961. The van der Waals surface area contributed by atoms with Gasteiger partial charge in [-0.05, 0) is 49.9 Å². The SMILES string of the molecule is CC[C@H]1CCCCN1c1nc2c(c(=O)[nH]1)[C@H](C(=O)Nc1ccc(NC(C)=O)cc1)CC(=O)N2. The summed E-state index contributed by atoms with van der Waals surface area (Å²) in [6, 6.07) is 6.86. The number of aromatic amines is 1. The van der Waals surface area contributed by atoms with Crippen LogP contribution in [0.4, 0.5) is 23.1 Å². The lowest BCUT2D eigenvalue weighted by Gasteiger charge is -2.36. The molecule has 0 spiro atoms. The number of piperidine rings is 1. The molecule has 3 heterocycles. The molecule has 2 aliphatic heterocycles. The van der Waals surface area contributed by atoms with Crippen LogP contribution in [0.3, 0.4) is 0 Å². The maximum Gasteiger partial charge on any atom is 0.258 e. The zero-order valence-electron chi connectivity index (χ0n) is 18.7. The van der Waals surface area contributed by atoms with Crippen LogP contribution in [-0.2, 0) is 14.4 Å². The number of carbonyl (C=O) groups is 3. The van der Waals surface area contributed by atoms with Crippen LogP contribution in [-0.4, -0.2) is 40.3 Å². The lowest BCUT2D eigenvalue weighted by atomic mass is 9.92. The second-order valence-electron chi connectivity index (χ2n) is 8.46. The van der Waals surface area contributed by atoms with Gasteiger partial charge in [0.2, 0.25) is 23.7 Å². The van der Waals surface area contributed by atoms with Crippen molar-refractivity contribution in [3.8, 4) is 0 Å². The van der Waals surface area contributed by atoms with Gasteiger partial charge in [-0.25, -0.2) is 0 Å². The number of amides is 3. The first-order chi connectivity index (χ1) is 15.9. The quantitative estimate of drug-likeness (QED) is 0.550. The van der Waals surface area contributed by atoms with E-state index in [9.17, 15) is 19.2 Å². The summed E-state index contributed by atoms with van der Waals surface area (Å²) in [4.78, 5) is 59.1. The molecule has 1 aromatic carbocycles. The van der Waals surface area contributed by atoms with Crippen LogP contribution in [0.25, 0.3) is 0 Å². The van der Waals surface area contributed by atoms with Crippen molar-refractivity contribution in [2.24, 2.45) is 0 Å². The Bertz CT molecular complexity index is 1130. The predicted octanol–water partition coefficient (Wildman–Crippen LogP) is 2.56. The molecule has 0 aliphatic carbocycles. The van der Waals surface area contributed by atoms with Crippen molar-refractivity contribution in [3.63, 3.8) is 0 Å². The molecule has 4 N–H and O–H groups in total. The third kappa shape index (κ3) is 4.89. The highest BCUT2D eigenvalue weighted by Gasteiger charge is 2.35. The highest BCUT2D eigenvalue weighted by Crippen LogP contribution is 2.32. The fourth-order valence-corrected chi connectivity index (χ4v) is 4.49. The highest BCUT2D eigenvalue weighted by molar-refractivity contribution is 6.04. The van der Waals surface area contributed by atoms with Crippen molar-refractivity contribution < 1.29 is 14.4 Å². The van der Waals surface area contributed by atoms with Gasteiger partial charge in [-0.2, -0.15) is 4.98 Å². The van der Waals surface area contributed by atoms with Crippen LogP contribution >= 0.6 is 0 Å². The molecule has 1 fully saturated rings. The van der Waals surface area contributed by atoms with E-state index in [2.05, 4.69) is 37.7 Å². The van der Waals surface area contributed by atoms with Crippen LogP contribution in [0.1, 0.15) is 57.4 Å². The molecule has 174 valence electrons. The molecule has 10 nitrogen and oxygen atoms in total. The largest absolute Gasteiger partial charge is 0.339 e. The van der Waals surface area contributed by atoms with Gasteiger partial charge in [0.05, 0.1) is 11.5 Å². The second kappa shape index (κ2) is 9.43. The third-order valence-corrected chi connectivity index (χ3v) is 6.10. The molecule has 3 amide bonds. The van der Waals surface area contributed by atoms with E-state index >= 15 is 0 Å². The van der Waals surface area contributed by atoms with Crippen LogP contribution in [0.15, 0.2) is 29.1 Å². The minimum absolute atomic E-state index is 0.145. The van der Waals surface area contributed by atoms with Crippen molar-refractivity contribution in [1.29, 1.82) is 0 Å². The number of nitrogens with one attached hydrogen (secondary N) is 4. The monoisotopic (exact) mass is 452 g/mol. The van der Waals surface area contributed by atoms with Gasteiger partial charge < -0.3 is 20.9 Å². The summed E-state index contributed by atoms with van der Waals surface area (Å²) < 4.78 is 0. The van der Waals surface area contributed by atoms with Crippen molar-refractivity contribution in [2.75, 3.05) is 27.4 Å². The lowest BCUT2D eigenvalue weighted by molar-refractivity contribution is -0.123. The molecule has 10 heteroatoms. The van der Waals surface area contributed by atoms with Crippen LogP contribution < -0.4 is 26.4 Å². The lowest BCUT2D eigenvalue weighted by Crippen LogP contribution is -2.43. The fourth-order valence-electron chi connectivity index (χ4n) is 4.49. The van der Waals surface area contributed by atoms with E-state index < -0.39 is 17.4 Å². The Morgan fingerprint density at radius 2 is 1.82 bits per heavy atom. The molecular weight excluding hydrogens is 424 g/mol. The number of nitrogens with zero attached hydrogens (tertiary/aromatic N) is 2. The zero-order valence-corrected chi connectivity index (χ0v) is 18.7. The molecular formula is C23H28N6O4. The summed E-state index contributed by atoms with van der Waals surface area (Å²) in [6.07, 6.45) is 3.95. The number of aromatic nitrogens is 2. The van der Waals surface area contributed by atoms with E-state index in [0.29, 0.717) is 17.3 Å². The number of anilines is 4. The Kier molecular flexibility index (Phi) is 6.43. The number of benzene rings is 1. The van der Waals surface area contributed by atoms with Gasteiger partial charge in [0.1, 0.15) is 5.82 Å². The summed E-state index contributed by atoms with van der Waals surface area (Å²) in [5.41, 5.74) is 0.827. The Balaban J connectivity index is 1.59. The molecule has 1 aromatic heterocycles. The zero-order chi connectivity index (χ0) is 23.5. The topological polar surface area (TPSA) is 136 Å². The standard InChI is InChI=1S/C23H28N6O4/c1-3-16-6-4-5-11-29(16)23-27-20-19(22(33)28-23)17(12-18(31)26-20)21(32)25-15-9-7-14(8-10-15)24-13(2)30/h7-10,16-17H,3-6,11-12H2,1-2H3,(H,24,30)(H,25,32)(H2,26,27,28,31,33)/t16-,17+/m0/s1. The van der Waals surface area contributed by atoms with Gasteiger partial charge in [-0.3, -0.25) is 24.2 Å². The van der Waals surface area contributed by atoms with Gasteiger partial charge in [0.15, 0.2) is 0 Å². The van der Waals surface area contributed by atoms with Crippen LogP contribution in [0, 0.1) is 0 Å². The molecule has 0 bridgehead atoms. The predicted molar refractivity (Wildman–Crippen MR) is 125 cm³/mol. The van der Waals surface area contributed by atoms with Crippen molar-refractivity contribution in [3.05, 3.63) is 40.2 Å². The first-order valence-corrected chi connectivity index (χ1v) is 11.2. The number of H-pyrrole nitrogens is 1. The smallest absolute Gasteiger partial charge is 0.258 e. The molecule has 2 aromatic rings. The van der Waals surface area contributed by atoms with E-state index in [1.807, 2.05) is 0 Å². The molecule has 2 atom stereocenters. The molecule has 1 saturated heterocycles. The maximum absolute atomic E-state index is 13.0. The van der Waals surface area contributed by atoms with Crippen LogP contribution in [0.2, 0.25) is 0 Å². The van der Waals surface area contributed by atoms with Crippen molar-refractivity contribution >= 4 is 40.9 Å². The fraction of sp³-hybridized carbons (Fsp3) is 0.435. The second-order valence-corrected chi connectivity index (χ2v) is 8.46. The van der Waals surface area contributed by atoms with Crippen molar-refractivity contribution in [2.45, 2.75) is 57.9 Å². The van der Waals surface area contributed by atoms with E-state index in [1.54, 1.807) is 24.3 Å². The minimum Gasteiger partial charge on any atom is -0.339 e. The van der Waals surface area contributed by atoms with Gasteiger partial charge >= 0.3 is 0 Å². The van der Waals surface area contributed by atoms with Crippen LogP contribution in [0.5, 0.6) is 0 Å². The van der Waals surface area contributed by atoms with Gasteiger partial charge in [0.25, 0.3) is 5.56 Å². The average Bonchev–Trinajstić information content (AvgIpc) is 2.79. The van der Waals surface area contributed by atoms with Crippen molar-refractivity contribution in [1.82, 2.24) is 9.97 Å². The Hall–Kier alpha value is -3.69. The average molecular weight is 453 g/mol. The Morgan fingerprint density at radius 3 is 2.48 bits per heavy atom. The number of carbonyl (C=O) groups excluding carboxylic acids is 3. The third-order valence-electron chi connectivity index (χ3n) is 6.10. The molecule has 4 rings (SSSR count). The summed E-state index contributed by atoms with van der Waals surface area (Å²) in [5.74, 6) is -1.41. The summed E-state index contributed by atoms with van der Waals surface area (Å²) in [6.45, 7) is 4.29. The number of hydrogen-bond acceptors (Lipinski definition) is 6. The number of rotatable bonds is 5. The molecule has 0 radical (unpaired) electrons. The van der Waals surface area contributed by atoms with E-state index in [-0.39, 0.29) is 35.7 Å². The summed E-state index contributed by atoms with van der Waals surface area (Å²) in [5, 5.41) is 8.08. The summed E-state index contributed by atoms with van der Waals surface area (Å²) >= 11 is 0. The molecule has 2 aliphatic rings. The van der Waals surface area contributed by atoms with Gasteiger partial charge in [-0.1, -0.05) is 6.92 Å².